The quantitative estimate of drug-likeness (QED) is 0.909. The van der Waals surface area contributed by atoms with Crippen molar-refractivity contribution in [2.75, 3.05) is 5.32 Å². The fourth-order valence-electron chi connectivity index (χ4n) is 2.40. The average molecular weight is 296 g/mol. The van der Waals surface area contributed by atoms with Gasteiger partial charge in [-0.3, -0.25) is 20.0 Å². The van der Waals surface area contributed by atoms with E-state index in [0.717, 1.165) is 5.69 Å². The van der Waals surface area contributed by atoms with Crippen molar-refractivity contribution in [3.05, 3.63) is 59.9 Å². The van der Waals surface area contributed by atoms with Crippen LogP contribution in [-0.2, 0) is 0 Å². The van der Waals surface area contributed by atoms with Crippen molar-refractivity contribution in [1.29, 1.82) is 0 Å². The zero-order valence-corrected chi connectivity index (χ0v) is 12.1. The molecule has 1 aromatic carbocycles. The fraction of sp³-hybridized carbons (Fsp3) is 0.188. The van der Waals surface area contributed by atoms with Crippen LogP contribution in [0.25, 0.3) is 0 Å². The molecule has 1 unspecified atom stereocenters. The maximum Gasteiger partial charge on any atom is 0.276 e. The number of carbonyl (C=O) groups excluding carboxylic acids is 2. The van der Waals surface area contributed by atoms with E-state index < -0.39 is 0 Å². The van der Waals surface area contributed by atoms with Crippen LogP contribution in [0.1, 0.15) is 34.1 Å². The summed E-state index contributed by atoms with van der Waals surface area (Å²) < 4.78 is 0. The van der Waals surface area contributed by atoms with Crippen LogP contribution in [0.3, 0.4) is 0 Å². The second-order valence-electron chi connectivity index (χ2n) is 4.97. The number of rotatable bonds is 3. The molecule has 2 aromatic rings. The lowest BCUT2D eigenvalue weighted by molar-refractivity contribution is 0.0488. The van der Waals surface area contributed by atoms with Crippen molar-refractivity contribution < 1.29 is 9.59 Å². The highest BCUT2D eigenvalue weighted by molar-refractivity contribution is 6.03. The molecule has 1 aliphatic rings. The van der Waals surface area contributed by atoms with Gasteiger partial charge >= 0.3 is 0 Å². The van der Waals surface area contributed by atoms with Gasteiger partial charge in [-0.05, 0) is 30.7 Å². The summed E-state index contributed by atoms with van der Waals surface area (Å²) in [4.78, 5) is 28.8. The number of nitrogens with one attached hydrogen (secondary N) is 2. The molecule has 0 radical (unpaired) electrons. The first kappa shape index (κ1) is 14.1. The SMILES string of the molecule is CCC1Nc2ccccc2C(=O)N1NC(=O)c1cccnc1. The van der Waals surface area contributed by atoms with E-state index >= 15 is 0 Å². The lowest BCUT2D eigenvalue weighted by Crippen LogP contribution is -2.57. The Balaban J connectivity index is 1.86. The van der Waals surface area contributed by atoms with Crippen LogP contribution in [-0.4, -0.2) is 28.0 Å². The van der Waals surface area contributed by atoms with Crippen molar-refractivity contribution >= 4 is 17.5 Å². The van der Waals surface area contributed by atoms with Crippen LogP contribution in [0.15, 0.2) is 48.8 Å². The first-order valence-electron chi connectivity index (χ1n) is 7.11. The third kappa shape index (κ3) is 2.50. The molecule has 0 bridgehead atoms. The Morgan fingerprint density at radius 2 is 2.14 bits per heavy atom. The molecule has 2 heterocycles. The van der Waals surface area contributed by atoms with Gasteiger partial charge in [-0.25, -0.2) is 5.01 Å². The van der Waals surface area contributed by atoms with Gasteiger partial charge in [-0.2, -0.15) is 0 Å². The second kappa shape index (κ2) is 5.85. The van der Waals surface area contributed by atoms with Gasteiger partial charge in [-0.1, -0.05) is 19.1 Å². The number of amides is 2. The summed E-state index contributed by atoms with van der Waals surface area (Å²) in [5, 5.41) is 4.60. The molecule has 1 aromatic heterocycles. The molecule has 2 N–H and O–H groups in total. The molecule has 1 aliphatic heterocycles. The monoisotopic (exact) mass is 296 g/mol. The highest BCUT2D eigenvalue weighted by atomic mass is 16.2. The summed E-state index contributed by atoms with van der Waals surface area (Å²) in [6.45, 7) is 1.95. The first-order valence-corrected chi connectivity index (χ1v) is 7.11. The number of anilines is 1. The minimum atomic E-state index is -0.360. The lowest BCUT2D eigenvalue weighted by Gasteiger charge is -2.37. The van der Waals surface area contributed by atoms with Crippen LogP contribution < -0.4 is 10.7 Å². The summed E-state index contributed by atoms with van der Waals surface area (Å²) in [5.74, 6) is -0.584. The highest BCUT2D eigenvalue weighted by Gasteiger charge is 2.32. The second-order valence-corrected chi connectivity index (χ2v) is 4.97. The van der Waals surface area contributed by atoms with Crippen molar-refractivity contribution in [1.82, 2.24) is 15.4 Å². The van der Waals surface area contributed by atoms with Crippen molar-refractivity contribution in [3.8, 4) is 0 Å². The third-order valence-electron chi connectivity index (χ3n) is 3.54. The molecule has 3 rings (SSSR count). The van der Waals surface area contributed by atoms with E-state index in [9.17, 15) is 9.59 Å². The zero-order valence-electron chi connectivity index (χ0n) is 12.1. The predicted octanol–water partition coefficient (Wildman–Crippen LogP) is 2.03. The van der Waals surface area contributed by atoms with Gasteiger partial charge in [0.1, 0.15) is 6.17 Å². The molecule has 0 saturated carbocycles. The van der Waals surface area contributed by atoms with Crippen molar-refractivity contribution in [2.24, 2.45) is 0 Å². The minimum Gasteiger partial charge on any atom is -0.363 e. The molecule has 0 saturated heterocycles. The number of para-hydroxylation sites is 1. The molecule has 2 amide bonds. The Hall–Kier alpha value is -2.89. The summed E-state index contributed by atoms with van der Waals surface area (Å²) in [5.41, 5.74) is 4.40. The van der Waals surface area contributed by atoms with Gasteiger partial charge < -0.3 is 5.32 Å². The number of carbonyl (C=O) groups is 2. The summed E-state index contributed by atoms with van der Waals surface area (Å²) in [6, 6.07) is 10.6. The van der Waals surface area contributed by atoms with E-state index in [1.165, 1.54) is 11.2 Å². The zero-order chi connectivity index (χ0) is 15.5. The number of hydrogen-bond donors (Lipinski definition) is 2. The Labute approximate surface area is 128 Å². The molecule has 1 atom stereocenters. The minimum absolute atomic E-state index is 0.224. The number of hydrogen-bond acceptors (Lipinski definition) is 4. The van der Waals surface area contributed by atoms with E-state index in [1.807, 2.05) is 19.1 Å². The smallest absolute Gasteiger partial charge is 0.276 e. The molecule has 0 fully saturated rings. The van der Waals surface area contributed by atoms with Crippen molar-refractivity contribution in [2.45, 2.75) is 19.5 Å². The van der Waals surface area contributed by atoms with Gasteiger partial charge in [0.2, 0.25) is 0 Å². The van der Waals surface area contributed by atoms with Crippen LogP contribution >= 0.6 is 0 Å². The molecule has 22 heavy (non-hydrogen) atoms. The Morgan fingerprint density at radius 1 is 1.32 bits per heavy atom. The molecule has 112 valence electrons. The van der Waals surface area contributed by atoms with Gasteiger partial charge in [0.15, 0.2) is 0 Å². The van der Waals surface area contributed by atoms with Gasteiger partial charge in [-0.15, -0.1) is 0 Å². The third-order valence-corrected chi connectivity index (χ3v) is 3.54. The molecule has 0 spiro atoms. The van der Waals surface area contributed by atoms with E-state index in [0.29, 0.717) is 17.5 Å². The summed E-state index contributed by atoms with van der Waals surface area (Å²) in [6.07, 6.45) is 3.43. The van der Waals surface area contributed by atoms with Crippen molar-refractivity contribution in [3.63, 3.8) is 0 Å². The van der Waals surface area contributed by atoms with Gasteiger partial charge in [0.25, 0.3) is 11.8 Å². The number of benzene rings is 1. The topological polar surface area (TPSA) is 74.3 Å². The Morgan fingerprint density at radius 3 is 2.86 bits per heavy atom. The number of nitrogens with zero attached hydrogens (tertiary/aromatic N) is 2. The summed E-state index contributed by atoms with van der Waals surface area (Å²) >= 11 is 0. The Bertz CT molecular complexity index is 702. The fourth-order valence-corrected chi connectivity index (χ4v) is 2.40. The lowest BCUT2D eigenvalue weighted by atomic mass is 10.1. The molecular formula is C16H16N4O2. The van der Waals surface area contributed by atoms with Gasteiger partial charge in [0.05, 0.1) is 11.1 Å². The molecule has 0 aliphatic carbocycles. The van der Waals surface area contributed by atoms with Crippen LogP contribution in [0.5, 0.6) is 0 Å². The van der Waals surface area contributed by atoms with E-state index in [-0.39, 0.29) is 18.0 Å². The first-order chi connectivity index (χ1) is 10.7. The Kier molecular flexibility index (Phi) is 3.74. The molecule has 6 nitrogen and oxygen atoms in total. The standard InChI is InChI=1S/C16H16N4O2/c1-2-14-18-13-8-4-3-7-12(13)16(22)20(14)19-15(21)11-6-5-9-17-10-11/h3-10,14,18H,2H2,1H3,(H,19,21). The predicted molar refractivity (Wildman–Crippen MR) is 82.0 cm³/mol. The van der Waals surface area contributed by atoms with E-state index in [4.69, 9.17) is 0 Å². The number of aromatic nitrogens is 1. The number of hydrazine groups is 1. The normalized spacial score (nSPS) is 16.7. The largest absolute Gasteiger partial charge is 0.363 e. The molecular weight excluding hydrogens is 280 g/mol. The summed E-state index contributed by atoms with van der Waals surface area (Å²) in [7, 11) is 0. The van der Waals surface area contributed by atoms with Crippen LogP contribution in [0.4, 0.5) is 5.69 Å². The highest BCUT2D eigenvalue weighted by Crippen LogP contribution is 2.25. The maximum absolute atomic E-state index is 12.6. The van der Waals surface area contributed by atoms with E-state index in [1.54, 1.807) is 30.5 Å². The van der Waals surface area contributed by atoms with Crippen LogP contribution in [0.2, 0.25) is 0 Å². The van der Waals surface area contributed by atoms with Gasteiger partial charge in [0, 0.05) is 18.1 Å². The number of pyridine rings is 1. The average Bonchev–Trinajstić information content (AvgIpc) is 2.58. The van der Waals surface area contributed by atoms with E-state index in [2.05, 4.69) is 15.7 Å². The maximum atomic E-state index is 12.6. The van der Waals surface area contributed by atoms with Crippen LogP contribution in [0, 0.1) is 0 Å². The molecule has 6 heteroatoms. The number of fused-ring (bicyclic) bond motifs is 1.